The zero-order chi connectivity index (χ0) is 20.4. The molecule has 8 heteroatoms. The Bertz CT molecular complexity index is 907. The minimum Gasteiger partial charge on any atom is -0.480 e. The van der Waals surface area contributed by atoms with Crippen LogP contribution in [0.1, 0.15) is 50.4 Å². The lowest BCUT2D eigenvalue weighted by Gasteiger charge is -2.32. The van der Waals surface area contributed by atoms with Gasteiger partial charge in [-0.15, -0.1) is 0 Å². The monoisotopic (exact) mass is 379 g/mol. The number of alkyl halides is 2. The van der Waals surface area contributed by atoms with Crippen LogP contribution in [0.5, 0.6) is 0 Å². The van der Waals surface area contributed by atoms with Crippen LogP contribution in [0.3, 0.4) is 0 Å². The number of hydrogen-bond donors (Lipinski definition) is 2. The highest BCUT2D eigenvalue weighted by molar-refractivity contribution is 5.80. The number of aromatic nitrogens is 2. The third-order valence-corrected chi connectivity index (χ3v) is 3.82. The standard InChI is InChI=1S/C19H20F3N3O2/c1-18(2,3)11-19(23,16(26)27)14-7-6-13(15(20)8-14)5-4-12-9-24-25(10-12)17(21)22/h6-10,17H,11,23H2,1-3H3,(H,26,27)/t19-/m1/s1. The molecule has 144 valence electrons. The Morgan fingerprint density at radius 2 is 2.00 bits per heavy atom. The second-order valence-electron chi connectivity index (χ2n) is 7.45. The Morgan fingerprint density at radius 1 is 1.33 bits per heavy atom. The summed E-state index contributed by atoms with van der Waals surface area (Å²) in [6.07, 6.45) is 2.29. The van der Waals surface area contributed by atoms with Gasteiger partial charge in [0.05, 0.1) is 17.3 Å². The van der Waals surface area contributed by atoms with Gasteiger partial charge in [0.25, 0.3) is 0 Å². The van der Waals surface area contributed by atoms with Crippen molar-refractivity contribution in [3.05, 3.63) is 53.1 Å². The van der Waals surface area contributed by atoms with Gasteiger partial charge in [-0.1, -0.05) is 38.7 Å². The molecule has 1 aromatic carbocycles. The summed E-state index contributed by atoms with van der Waals surface area (Å²) in [6.45, 7) is 2.74. The molecule has 1 aromatic heterocycles. The maximum atomic E-state index is 14.4. The molecule has 0 saturated carbocycles. The van der Waals surface area contributed by atoms with Crippen LogP contribution in [0, 0.1) is 23.1 Å². The average Bonchev–Trinajstić information content (AvgIpc) is 3.01. The number of carbonyl (C=O) groups is 1. The maximum Gasteiger partial charge on any atom is 0.333 e. The molecule has 2 rings (SSSR count). The van der Waals surface area contributed by atoms with Gasteiger partial charge in [-0.05, 0) is 29.5 Å². The van der Waals surface area contributed by atoms with Crippen LogP contribution in [0.15, 0.2) is 30.6 Å². The lowest BCUT2D eigenvalue weighted by molar-refractivity contribution is -0.145. The van der Waals surface area contributed by atoms with Crippen molar-refractivity contribution in [3.8, 4) is 11.8 Å². The van der Waals surface area contributed by atoms with E-state index in [2.05, 4.69) is 16.9 Å². The topological polar surface area (TPSA) is 81.1 Å². The molecule has 0 fully saturated rings. The molecule has 0 saturated heterocycles. The van der Waals surface area contributed by atoms with Crippen LogP contribution in [0.4, 0.5) is 13.2 Å². The van der Waals surface area contributed by atoms with E-state index in [1.54, 1.807) is 0 Å². The molecular formula is C19H20F3N3O2. The van der Waals surface area contributed by atoms with Gasteiger partial charge in [0, 0.05) is 6.20 Å². The molecule has 0 aliphatic carbocycles. The summed E-state index contributed by atoms with van der Waals surface area (Å²) < 4.78 is 39.8. The van der Waals surface area contributed by atoms with Crippen LogP contribution in [-0.2, 0) is 10.3 Å². The van der Waals surface area contributed by atoms with E-state index < -0.39 is 29.3 Å². The first kappa shape index (κ1) is 20.5. The number of nitrogens with two attached hydrogens (primary N) is 1. The predicted molar refractivity (Wildman–Crippen MR) is 93.4 cm³/mol. The van der Waals surface area contributed by atoms with Crippen molar-refractivity contribution in [2.75, 3.05) is 0 Å². The van der Waals surface area contributed by atoms with Crippen LogP contribution < -0.4 is 5.73 Å². The van der Waals surface area contributed by atoms with Crippen molar-refractivity contribution >= 4 is 5.97 Å². The molecule has 0 amide bonds. The van der Waals surface area contributed by atoms with E-state index in [1.165, 1.54) is 12.1 Å². The van der Waals surface area contributed by atoms with Gasteiger partial charge in [0.15, 0.2) is 0 Å². The number of rotatable bonds is 4. The second-order valence-corrected chi connectivity index (χ2v) is 7.45. The number of halogens is 3. The van der Waals surface area contributed by atoms with Gasteiger partial charge in [0.1, 0.15) is 11.4 Å². The zero-order valence-electron chi connectivity index (χ0n) is 15.1. The summed E-state index contributed by atoms with van der Waals surface area (Å²) >= 11 is 0. The molecule has 0 bridgehead atoms. The van der Waals surface area contributed by atoms with E-state index in [1.807, 2.05) is 20.8 Å². The SMILES string of the molecule is CC(C)(C)C[C@](N)(C(=O)O)c1ccc(C#Cc2cnn(C(F)F)c2)c(F)c1. The minimum absolute atomic E-state index is 0.00737. The van der Waals surface area contributed by atoms with E-state index in [0.29, 0.717) is 4.68 Å². The number of hydrogen-bond acceptors (Lipinski definition) is 3. The number of carboxylic acids is 1. The quantitative estimate of drug-likeness (QED) is 0.797. The predicted octanol–water partition coefficient (Wildman–Crippen LogP) is 3.49. The third kappa shape index (κ3) is 4.89. The zero-order valence-corrected chi connectivity index (χ0v) is 15.1. The summed E-state index contributed by atoms with van der Waals surface area (Å²) in [7, 11) is 0. The summed E-state index contributed by atoms with van der Waals surface area (Å²) in [4.78, 5) is 11.7. The molecule has 0 spiro atoms. The van der Waals surface area contributed by atoms with Gasteiger partial charge >= 0.3 is 12.5 Å². The lowest BCUT2D eigenvalue weighted by atomic mass is 9.76. The molecule has 0 aliphatic rings. The first-order valence-corrected chi connectivity index (χ1v) is 8.09. The molecule has 2 aromatic rings. The molecule has 1 heterocycles. The van der Waals surface area contributed by atoms with Gasteiger partial charge in [-0.3, -0.25) is 0 Å². The van der Waals surface area contributed by atoms with Gasteiger partial charge < -0.3 is 10.8 Å². The molecule has 1 atom stereocenters. The smallest absolute Gasteiger partial charge is 0.333 e. The fourth-order valence-corrected chi connectivity index (χ4v) is 2.68. The van der Waals surface area contributed by atoms with Crippen molar-refractivity contribution in [3.63, 3.8) is 0 Å². The Balaban J connectivity index is 2.34. The van der Waals surface area contributed by atoms with Crippen molar-refractivity contribution < 1.29 is 23.1 Å². The summed E-state index contributed by atoms with van der Waals surface area (Å²) in [6, 6.07) is 3.78. The van der Waals surface area contributed by atoms with Crippen LogP contribution in [0.2, 0.25) is 0 Å². The lowest BCUT2D eigenvalue weighted by Crippen LogP contribution is -2.47. The van der Waals surface area contributed by atoms with Crippen molar-refractivity contribution in [1.29, 1.82) is 0 Å². The van der Waals surface area contributed by atoms with Crippen LogP contribution in [-0.4, -0.2) is 20.9 Å². The highest BCUT2D eigenvalue weighted by Crippen LogP contribution is 2.33. The Hall–Kier alpha value is -2.79. The molecule has 0 radical (unpaired) electrons. The molecular weight excluding hydrogens is 359 g/mol. The third-order valence-electron chi connectivity index (χ3n) is 3.82. The minimum atomic E-state index is -2.78. The van der Waals surface area contributed by atoms with E-state index >= 15 is 0 Å². The van der Waals surface area contributed by atoms with Crippen LogP contribution >= 0.6 is 0 Å². The molecule has 3 N–H and O–H groups in total. The molecule has 0 aliphatic heterocycles. The first-order chi connectivity index (χ1) is 12.4. The average molecular weight is 379 g/mol. The second kappa shape index (κ2) is 7.45. The summed E-state index contributed by atoms with van der Waals surface area (Å²) in [5.41, 5.74) is 4.25. The Morgan fingerprint density at radius 3 is 2.48 bits per heavy atom. The number of benzene rings is 1. The molecule has 27 heavy (non-hydrogen) atoms. The summed E-state index contributed by atoms with van der Waals surface area (Å²) in [5, 5.41) is 13.0. The van der Waals surface area contributed by atoms with Crippen molar-refractivity contribution in [2.24, 2.45) is 11.1 Å². The van der Waals surface area contributed by atoms with E-state index in [9.17, 15) is 23.1 Å². The number of aliphatic carboxylic acids is 1. The van der Waals surface area contributed by atoms with E-state index in [4.69, 9.17) is 5.73 Å². The summed E-state index contributed by atoms with van der Waals surface area (Å²) in [5.74, 6) is 3.07. The largest absolute Gasteiger partial charge is 0.480 e. The maximum absolute atomic E-state index is 14.4. The van der Waals surface area contributed by atoms with Crippen LogP contribution in [0.25, 0.3) is 0 Å². The first-order valence-electron chi connectivity index (χ1n) is 8.09. The highest BCUT2D eigenvalue weighted by atomic mass is 19.3. The van der Waals surface area contributed by atoms with Gasteiger partial charge in [0.2, 0.25) is 0 Å². The highest BCUT2D eigenvalue weighted by Gasteiger charge is 2.40. The van der Waals surface area contributed by atoms with Gasteiger partial charge in [-0.25, -0.2) is 13.9 Å². The van der Waals surface area contributed by atoms with Crippen molar-refractivity contribution in [1.82, 2.24) is 9.78 Å². The fourth-order valence-electron chi connectivity index (χ4n) is 2.68. The molecule has 0 unspecified atom stereocenters. The molecule has 5 nitrogen and oxygen atoms in total. The number of nitrogens with zero attached hydrogens (tertiary/aromatic N) is 2. The fraction of sp³-hybridized carbons (Fsp3) is 0.368. The van der Waals surface area contributed by atoms with Crippen molar-refractivity contribution in [2.45, 2.75) is 39.3 Å². The normalized spacial score (nSPS) is 13.8. The Labute approximate surface area is 155 Å². The Kier molecular flexibility index (Phi) is 5.66. The van der Waals surface area contributed by atoms with E-state index in [0.717, 1.165) is 18.5 Å². The van der Waals surface area contributed by atoms with Gasteiger partial charge in [-0.2, -0.15) is 13.9 Å². The van der Waals surface area contributed by atoms with E-state index in [-0.39, 0.29) is 23.1 Å². The number of carboxylic acid groups (broad SMARTS) is 1.